The number of anilines is 1. The summed E-state index contributed by atoms with van der Waals surface area (Å²) in [6, 6.07) is 12.9. The van der Waals surface area contributed by atoms with E-state index in [-0.39, 0.29) is 11.3 Å². The topological polar surface area (TPSA) is 89.0 Å². The molecule has 32 heavy (non-hydrogen) atoms. The van der Waals surface area contributed by atoms with E-state index in [1.165, 1.54) is 16.2 Å². The number of Topliss-reactive ketones (excluding diaryl/α,β-unsaturated/α-hetero) is 1. The Labute approximate surface area is 189 Å². The lowest BCUT2D eigenvalue weighted by Gasteiger charge is -2.23. The number of rotatable bonds is 5. The molecular weight excluding hydrogens is 428 g/mol. The second-order valence-electron chi connectivity index (χ2n) is 7.31. The van der Waals surface area contributed by atoms with Crippen molar-refractivity contribution in [3.05, 3.63) is 75.8 Å². The molecule has 164 valence electrons. The number of ketones is 1. The lowest BCUT2D eigenvalue weighted by atomic mass is 9.95. The van der Waals surface area contributed by atoms with Crippen LogP contribution in [0, 0.1) is 13.8 Å². The largest absolute Gasteiger partial charge is 0.507 e. The first-order valence-electron chi connectivity index (χ1n) is 9.89. The van der Waals surface area contributed by atoms with Crippen LogP contribution in [-0.4, -0.2) is 36.0 Å². The van der Waals surface area contributed by atoms with Crippen molar-refractivity contribution < 1.29 is 24.2 Å². The van der Waals surface area contributed by atoms with Gasteiger partial charge in [0.1, 0.15) is 17.3 Å². The minimum absolute atomic E-state index is 0.000994. The van der Waals surface area contributed by atoms with Gasteiger partial charge in [-0.05, 0) is 55.8 Å². The van der Waals surface area contributed by atoms with Gasteiger partial charge in [0.2, 0.25) is 0 Å². The number of carbonyl (C=O) groups excluding carboxylic acids is 2. The van der Waals surface area contributed by atoms with E-state index in [1.807, 2.05) is 13.8 Å². The molecule has 3 aromatic rings. The van der Waals surface area contributed by atoms with Gasteiger partial charge in [0, 0.05) is 10.4 Å². The zero-order valence-electron chi connectivity index (χ0n) is 18.1. The molecule has 7 nitrogen and oxygen atoms in total. The highest BCUT2D eigenvalue weighted by Crippen LogP contribution is 2.44. The maximum atomic E-state index is 13.2. The molecule has 0 spiro atoms. The van der Waals surface area contributed by atoms with E-state index in [1.54, 1.807) is 62.8 Å². The third-order valence-corrected chi connectivity index (χ3v) is 6.51. The number of benzene rings is 2. The Morgan fingerprint density at radius 2 is 1.72 bits per heavy atom. The Bertz CT molecular complexity index is 1210. The third-order valence-electron chi connectivity index (χ3n) is 5.44. The fourth-order valence-electron chi connectivity index (χ4n) is 3.62. The van der Waals surface area contributed by atoms with Crippen LogP contribution in [0.15, 0.2) is 54.1 Å². The molecule has 2 heterocycles. The van der Waals surface area contributed by atoms with E-state index in [0.717, 1.165) is 10.6 Å². The van der Waals surface area contributed by atoms with Crippen LogP contribution in [0.5, 0.6) is 11.5 Å². The molecule has 1 saturated heterocycles. The molecule has 1 amide bonds. The highest BCUT2D eigenvalue weighted by atomic mass is 32.1. The average molecular weight is 451 g/mol. The van der Waals surface area contributed by atoms with Crippen LogP contribution in [0.3, 0.4) is 0 Å². The second kappa shape index (κ2) is 8.47. The highest BCUT2D eigenvalue weighted by molar-refractivity contribution is 7.16. The van der Waals surface area contributed by atoms with Crippen molar-refractivity contribution in [3.63, 3.8) is 0 Å². The Kier molecular flexibility index (Phi) is 5.71. The summed E-state index contributed by atoms with van der Waals surface area (Å²) in [5, 5.41) is 11.6. The third kappa shape index (κ3) is 3.62. The number of amides is 1. The molecule has 1 aliphatic heterocycles. The van der Waals surface area contributed by atoms with Gasteiger partial charge in [0.15, 0.2) is 5.13 Å². The lowest BCUT2D eigenvalue weighted by molar-refractivity contribution is -0.132. The number of hydrogen-bond acceptors (Lipinski definition) is 7. The Morgan fingerprint density at radius 3 is 2.31 bits per heavy atom. The van der Waals surface area contributed by atoms with Crippen molar-refractivity contribution in [2.45, 2.75) is 19.9 Å². The quantitative estimate of drug-likeness (QED) is 0.352. The van der Waals surface area contributed by atoms with Crippen molar-refractivity contribution in [3.8, 4) is 11.5 Å². The molecule has 2 aromatic carbocycles. The smallest absolute Gasteiger partial charge is 0.301 e. The standard InChI is InChI=1S/C24H22N2O5S/c1-13-14(2)32-24(25-13)26-20(16-6-5-7-18(12-16)31-4)19(22(28)23(26)29)21(27)15-8-10-17(30-3)11-9-15/h5-12,20,27H,1-4H3/b21-19+/t20-/m0/s1. The minimum atomic E-state index is -0.850. The van der Waals surface area contributed by atoms with Crippen molar-refractivity contribution in [1.82, 2.24) is 4.98 Å². The van der Waals surface area contributed by atoms with E-state index in [9.17, 15) is 14.7 Å². The highest BCUT2D eigenvalue weighted by Gasteiger charge is 2.48. The predicted molar refractivity (Wildman–Crippen MR) is 122 cm³/mol. The zero-order valence-corrected chi connectivity index (χ0v) is 18.9. The van der Waals surface area contributed by atoms with Gasteiger partial charge in [0.05, 0.1) is 31.5 Å². The normalized spacial score (nSPS) is 17.6. The van der Waals surface area contributed by atoms with Gasteiger partial charge in [0.25, 0.3) is 5.78 Å². The van der Waals surface area contributed by atoms with Crippen molar-refractivity contribution in [1.29, 1.82) is 0 Å². The molecule has 1 aliphatic rings. The molecule has 0 radical (unpaired) electrons. The van der Waals surface area contributed by atoms with E-state index in [4.69, 9.17) is 9.47 Å². The summed E-state index contributed by atoms with van der Waals surface area (Å²) in [4.78, 5) is 33.1. The SMILES string of the molecule is COc1ccc(/C(O)=C2\C(=O)C(=O)N(c3nc(C)c(C)s3)[C@H]2c2cccc(OC)c2)cc1. The van der Waals surface area contributed by atoms with Gasteiger partial charge in [-0.15, -0.1) is 11.3 Å². The van der Waals surface area contributed by atoms with E-state index >= 15 is 0 Å². The molecule has 8 heteroatoms. The van der Waals surface area contributed by atoms with E-state index < -0.39 is 17.7 Å². The fraction of sp³-hybridized carbons (Fsp3) is 0.208. The van der Waals surface area contributed by atoms with Crippen molar-refractivity contribution >= 4 is 33.9 Å². The van der Waals surface area contributed by atoms with Crippen LogP contribution >= 0.6 is 11.3 Å². The Balaban J connectivity index is 1.93. The summed E-state index contributed by atoms with van der Waals surface area (Å²) in [5.41, 5.74) is 1.82. The van der Waals surface area contributed by atoms with Gasteiger partial charge < -0.3 is 14.6 Å². The molecule has 1 N–H and O–H groups in total. The predicted octanol–water partition coefficient (Wildman–Crippen LogP) is 4.40. The summed E-state index contributed by atoms with van der Waals surface area (Å²) < 4.78 is 10.5. The van der Waals surface area contributed by atoms with Crippen LogP contribution in [0.25, 0.3) is 5.76 Å². The Hall–Kier alpha value is -3.65. The van der Waals surface area contributed by atoms with Crippen molar-refractivity contribution in [2.24, 2.45) is 0 Å². The van der Waals surface area contributed by atoms with Crippen LogP contribution in [-0.2, 0) is 9.59 Å². The number of hydrogen-bond donors (Lipinski definition) is 1. The zero-order chi connectivity index (χ0) is 23.0. The molecule has 0 unspecified atom stereocenters. The van der Waals surface area contributed by atoms with Gasteiger partial charge in [-0.3, -0.25) is 14.5 Å². The van der Waals surface area contributed by atoms with Gasteiger partial charge in [-0.2, -0.15) is 0 Å². The number of aryl methyl sites for hydroxylation is 2. The van der Waals surface area contributed by atoms with Crippen LogP contribution in [0.4, 0.5) is 5.13 Å². The fourth-order valence-corrected chi connectivity index (χ4v) is 4.56. The summed E-state index contributed by atoms with van der Waals surface area (Å²) >= 11 is 1.33. The maximum Gasteiger partial charge on any atom is 0.301 e. The number of carbonyl (C=O) groups is 2. The first-order valence-corrected chi connectivity index (χ1v) is 10.7. The molecule has 0 aliphatic carbocycles. The van der Waals surface area contributed by atoms with Crippen LogP contribution in [0.2, 0.25) is 0 Å². The van der Waals surface area contributed by atoms with Gasteiger partial charge in [-0.25, -0.2) is 4.98 Å². The minimum Gasteiger partial charge on any atom is -0.507 e. The Morgan fingerprint density at radius 1 is 1.03 bits per heavy atom. The first-order chi connectivity index (χ1) is 15.3. The van der Waals surface area contributed by atoms with Crippen LogP contribution in [0.1, 0.15) is 27.7 Å². The molecular formula is C24H22N2O5S. The first kappa shape index (κ1) is 21.6. The molecule has 1 aromatic heterocycles. The van der Waals surface area contributed by atoms with E-state index in [0.29, 0.717) is 27.8 Å². The average Bonchev–Trinajstić information content (AvgIpc) is 3.28. The number of nitrogens with zero attached hydrogens (tertiary/aromatic N) is 2. The summed E-state index contributed by atoms with van der Waals surface area (Å²) in [6.07, 6.45) is 0. The van der Waals surface area contributed by atoms with E-state index in [2.05, 4.69) is 4.98 Å². The number of thiazole rings is 1. The molecule has 1 atom stereocenters. The molecule has 1 fully saturated rings. The monoisotopic (exact) mass is 450 g/mol. The summed E-state index contributed by atoms with van der Waals surface area (Å²) in [7, 11) is 3.09. The number of ether oxygens (including phenoxy) is 2. The van der Waals surface area contributed by atoms with Gasteiger partial charge >= 0.3 is 5.91 Å². The number of aliphatic hydroxyl groups excluding tert-OH is 1. The maximum absolute atomic E-state index is 13.2. The number of aliphatic hydroxyl groups is 1. The second-order valence-corrected chi connectivity index (χ2v) is 8.49. The van der Waals surface area contributed by atoms with Gasteiger partial charge in [-0.1, -0.05) is 12.1 Å². The van der Waals surface area contributed by atoms with Crippen LogP contribution < -0.4 is 14.4 Å². The molecule has 0 bridgehead atoms. The molecule has 4 rings (SSSR count). The number of methoxy groups -OCH3 is 2. The van der Waals surface area contributed by atoms with Crippen molar-refractivity contribution in [2.75, 3.05) is 19.1 Å². The molecule has 0 saturated carbocycles. The lowest BCUT2D eigenvalue weighted by Crippen LogP contribution is -2.29. The summed E-state index contributed by atoms with van der Waals surface area (Å²) in [5.74, 6) is -0.575. The summed E-state index contributed by atoms with van der Waals surface area (Å²) in [6.45, 7) is 3.76. The number of aromatic nitrogens is 1.